The molecule has 1 aliphatic heterocycles. The Morgan fingerprint density at radius 2 is 1.82 bits per heavy atom. The third-order valence-electron chi connectivity index (χ3n) is 4.78. The van der Waals surface area contributed by atoms with Crippen LogP contribution in [0.25, 0.3) is 0 Å². The molecule has 154 valence electrons. The zero-order valence-corrected chi connectivity index (χ0v) is 16.7. The molecular formula is C21H30N2O5. The average molecular weight is 390 g/mol. The Balaban J connectivity index is 1.69. The molecule has 0 aromatic heterocycles. The lowest BCUT2D eigenvalue weighted by Crippen LogP contribution is -2.47. The smallest absolute Gasteiger partial charge is 0.306 e. The van der Waals surface area contributed by atoms with Gasteiger partial charge in [0.1, 0.15) is 5.75 Å². The first-order valence-electron chi connectivity index (χ1n) is 9.96. The van der Waals surface area contributed by atoms with E-state index in [-0.39, 0.29) is 43.3 Å². The van der Waals surface area contributed by atoms with Crippen molar-refractivity contribution in [1.82, 2.24) is 10.2 Å². The Kier molecular flexibility index (Phi) is 8.78. The van der Waals surface area contributed by atoms with Gasteiger partial charge in [-0.2, -0.15) is 0 Å². The zero-order valence-electron chi connectivity index (χ0n) is 16.7. The number of aryl methyl sites for hydroxylation is 1. The van der Waals surface area contributed by atoms with Crippen LogP contribution in [-0.2, 0) is 25.5 Å². The maximum atomic E-state index is 12.4. The van der Waals surface area contributed by atoms with E-state index < -0.39 is 0 Å². The van der Waals surface area contributed by atoms with Crippen LogP contribution in [-0.4, -0.2) is 55.0 Å². The normalized spacial score (nSPS) is 14.4. The fourth-order valence-corrected chi connectivity index (χ4v) is 3.19. The lowest BCUT2D eigenvalue weighted by molar-refractivity contribution is -0.144. The van der Waals surface area contributed by atoms with Crippen molar-refractivity contribution in [1.29, 1.82) is 0 Å². The maximum absolute atomic E-state index is 12.4. The summed E-state index contributed by atoms with van der Waals surface area (Å²) in [5, 5.41) is 2.93. The summed E-state index contributed by atoms with van der Waals surface area (Å²) in [4.78, 5) is 37.4. The zero-order chi connectivity index (χ0) is 20.4. The monoisotopic (exact) mass is 390 g/mol. The van der Waals surface area contributed by atoms with Crippen LogP contribution in [0.3, 0.4) is 0 Å². The predicted octanol–water partition coefficient (Wildman–Crippen LogP) is 2.08. The molecule has 0 radical (unpaired) electrons. The van der Waals surface area contributed by atoms with Crippen LogP contribution in [0.4, 0.5) is 0 Å². The van der Waals surface area contributed by atoms with Gasteiger partial charge in [-0.15, -0.1) is 0 Å². The Morgan fingerprint density at radius 1 is 1.11 bits per heavy atom. The third-order valence-corrected chi connectivity index (χ3v) is 4.78. The minimum atomic E-state index is -0.359. The number of nitrogens with one attached hydrogen (secondary N) is 1. The van der Waals surface area contributed by atoms with E-state index in [1.807, 2.05) is 24.3 Å². The van der Waals surface area contributed by atoms with Gasteiger partial charge in [0, 0.05) is 25.6 Å². The van der Waals surface area contributed by atoms with Crippen molar-refractivity contribution in [3.8, 4) is 5.75 Å². The average Bonchev–Trinajstić information content (AvgIpc) is 2.71. The summed E-state index contributed by atoms with van der Waals surface area (Å²) in [5.41, 5.74) is 1.08. The summed E-state index contributed by atoms with van der Waals surface area (Å²) < 4.78 is 10.5. The molecule has 0 saturated carbocycles. The number of carbonyl (C=O) groups is 3. The third kappa shape index (κ3) is 6.87. The SMILES string of the molecule is CCOC(=O)CCC(=O)NC1CCN(C(=O)COc2ccccc2CC)CC1. The molecule has 2 rings (SSSR count). The van der Waals surface area contributed by atoms with E-state index in [1.165, 1.54) is 0 Å². The maximum Gasteiger partial charge on any atom is 0.306 e. The topological polar surface area (TPSA) is 84.9 Å². The fourth-order valence-electron chi connectivity index (χ4n) is 3.19. The first-order valence-corrected chi connectivity index (χ1v) is 9.96. The van der Waals surface area contributed by atoms with Crippen molar-refractivity contribution >= 4 is 17.8 Å². The highest BCUT2D eigenvalue weighted by atomic mass is 16.5. The standard InChI is InChI=1S/C21H30N2O5/c1-3-16-7-5-6-8-18(16)28-15-20(25)23-13-11-17(12-14-23)22-19(24)9-10-21(26)27-4-2/h5-8,17H,3-4,9-15H2,1-2H3,(H,22,24). The minimum absolute atomic E-state index is 0.0214. The van der Waals surface area contributed by atoms with Crippen molar-refractivity contribution in [2.24, 2.45) is 0 Å². The van der Waals surface area contributed by atoms with Crippen LogP contribution in [0.1, 0.15) is 45.1 Å². The molecule has 1 heterocycles. The molecule has 1 N–H and O–H groups in total. The molecule has 1 aromatic rings. The summed E-state index contributed by atoms with van der Waals surface area (Å²) in [7, 11) is 0. The van der Waals surface area contributed by atoms with Gasteiger partial charge in [-0.25, -0.2) is 0 Å². The van der Waals surface area contributed by atoms with Crippen LogP contribution < -0.4 is 10.1 Å². The molecule has 7 nitrogen and oxygen atoms in total. The molecule has 2 amide bonds. The first-order chi connectivity index (χ1) is 13.5. The van der Waals surface area contributed by atoms with Crippen molar-refractivity contribution < 1.29 is 23.9 Å². The molecule has 0 atom stereocenters. The fraction of sp³-hybridized carbons (Fsp3) is 0.571. The number of likely N-dealkylation sites (tertiary alicyclic amines) is 1. The molecule has 0 aliphatic carbocycles. The number of piperidine rings is 1. The van der Waals surface area contributed by atoms with E-state index in [0.29, 0.717) is 32.5 Å². The van der Waals surface area contributed by atoms with Crippen LogP contribution in [0.15, 0.2) is 24.3 Å². The van der Waals surface area contributed by atoms with E-state index in [4.69, 9.17) is 9.47 Å². The van der Waals surface area contributed by atoms with Crippen LogP contribution in [0, 0.1) is 0 Å². The number of ether oxygens (including phenoxy) is 2. The summed E-state index contributed by atoms with van der Waals surface area (Å²) >= 11 is 0. The lowest BCUT2D eigenvalue weighted by Gasteiger charge is -2.32. The Labute approximate surface area is 166 Å². The molecule has 0 spiro atoms. The molecule has 7 heteroatoms. The van der Waals surface area contributed by atoms with Gasteiger partial charge in [-0.3, -0.25) is 14.4 Å². The summed E-state index contributed by atoms with van der Waals surface area (Å²) in [6.07, 6.45) is 2.47. The van der Waals surface area contributed by atoms with Crippen LogP contribution in [0.2, 0.25) is 0 Å². The second-order valence-corrected chi connectivity index (χ2v) is 6.78. The van der Waals surface area contributed by atoms with E-state index in [2.05, 4.69) is 12.2 Å². The largest absolute Gasteiger partial charge is 0.483 e. The van der Waals surface area contributed by atoms with Crippen LogP contribution >= 0.6 is 0 Å². The molecule has 28 heavy (non-hydrogen) atoms. The quantitative estimate of drug-likeness (QED) is 0.653. The number of hydrogen-bond acceptors (Lipinski definition) is 5. The Hall–Kier alpha value is -2.57. The van der Waals surface area contributed by atoms with Crippen molar-refractivity contribution in [3.05, 3.63) is 29.8 Å². The molecule has 0 unspecified atom stereocenters. The summed E-state index contributed by atoms with van der Waals surface area (Å²) in [6, 6.07) is 7.76. The Bertz CT molecular complexity index is 669. The minimum Gasteiger partial charge on any atom is -0.483 e. The highest BCUT2D eigenvalue weighted by Crippen LogP contribution is 2.19. The number of para-hydroxylation sites is 1. The van der Waals surface area contributed by atoms with Gasteiger partial charge in [0.15, 0.2) is 6.61 Å². The van der Waals surface area contributed by atoms with Crippen LogP contribution in [0.5, 0.6) is 5.75 Å². The lowest BCUT2D eigenvalue weighted by atomic mass is 10.0. The van der Waals surface area contributed by atoms with Gasteiger partial charge in [0.25, 0.3) is 5.91 Å². The predicted molar refractivity (Wildman–Crippen MR) is 105 cm³/mol. The van der Waals surface area contributed by atoms with E-state index in [0.717, 1.165) is 17.7 Å². The molecule has 1 aromatic carbocycles. The number of esters is 1. The number of carbonyl (C=O) groups excluding carboxylic acids is 3. The van der Waals surface area contributed by atoms with Gasteiger partial charge in [-0.1, -0.05) is 25.1 Å². The number of hydrogen-bond donors (Lipinski definition) is 1. The highest BCUT2D eigenvalue weighted by molar-refractivity contribution is 5.81. The van der Waals surface area contributed by atoms with Gasteiger partial charge >= 0.3 is 5.97 Å². The van der Waals surface area contributed by atoms with Gasteiger partial charge in [-0.05, 0) is 37.8 Å². The number of benzene rings is 1. The molecule has 1 saturated heterocycles. The van der Waals surface area contributed by atoms with E-state index in [9.17, 15) is 14.4 Å². The second-order valence-electron chi connectivity index (χ2n) is 6.78. The summed E-state index contributed by atoms with van der Waals surface area (Å²) in [6.45, 7) is 5.30. The van der Waals surface area contributed by atoms with Crippen molar-refractivity contribution in [2.45, 2.75) is 52.0 Å². The van der Waals surface area contributed by atoms with E-state index in [1.54, 1.807) is 11.8 Å². The highest BCUT2D eigenvalue weighted by Gasteiger charge is 2.24. The Morgan fingerprint density at radius 3 is 2.50 bits per heavy atom. The van der Waals surface area contributed by atoms with Crippen molar-refractivity contribution in [3.63, 3.8) is 0 Å². The summed E-state index contributed by atoms with van der Waals surface area (Å²) in [5.74, 6) is 0.195. The van der Waals surface area contributed by atoms with Crippen molar-refractivity contribution in [2.75, 3.05) is 26.3 Å². The number of amides is 2. The van der Waals surface area contributed by atoms with Gasteiger partial charge < -0.3 is 19.7 Å². The molecule has 1 fully saturated rings. The first kappa shape index (κ1) is 21.7. The number of rotatable bonds is 9. The number of nitrogens with zero attached hydrogens (tertiary/aromatic N) is 1. The molecule has 1 aliphatic rings. The van der Waals surface area contributed by atoms with E-state index >= 15 is 0 Å². The second kappa shape index (κ2) is 11.3. The molecule has 0 bridgehead atoms. The van der Waals surface area contributed by atoms with Gasteiger partial charge in [0.2, 0.25) is 5.91 Å². The molecular weight excluding hydrogens is 360 g/mol. The van der Waals surface area contributed by atoms with Gasteiger partial charge in [0.05, 0.1) is 13.0 Å².